The maximum atomic E-state index is 13.6. The van der Waals surface area contributed by atoms with Crippen molar-refractivity contribution in [1.82, 2.24) is 5.32 Å². The molecule has 0 saturated carbocycles. The van der Waals surface area contributed by atoms with Gasteiger partial charge in [0, 0.05) is 11.3 Å². The van der Waals surface area contributed by atoms with Crippen molar-refractivity contribution in [3.8, 4) is 11.3 Å². The maximum Gasteiger partial charge on any atom is 0.260 e. The van der Waals surface area contributed by atoms with Gasteiger partial charge in [-0.1, -0.05) is 12.1 Å². The van der Waals surface area contributed by atoms with Gasteiger partial charge in [0.25, 0.3) is 5.91 Å². The third kappa shape index (κ3) is 4.14. The highest BCUT2D eigenvalue weighted by molar-refractivity contribution is 7.80. The number of benzene rings is 2. The van der Waals surface area contributed by atoms with Crippen molar-refractivity contribution in [1.29, 1.82) is 0 Å². The summed E-state index contributed by atoms with van der Waals surface area (Å²) in [7, 11) is 0. The van der Waals surface area contributed by atoms with Gasteiger partial charge in [-0.05, 0) is 60.7 Å². The van der Waals surface area contributed by atoms with Gasteiger partial charge in [-0.2, -0.15) is 0 Å². The van der Waals surface area contributed by atoms with E-state index in [0.29, 0.717) is 17.2 Å². The molecule has 26 heavy (non-hydrogen) atoms. The van der Waals surface area contributed by atoms with E-state index >= 15 is 0 Å². The zero-order chi connectivity index (χ0) is 18.5. The second-order valence-corrected chi connectivity index (χ2v) is 5.80. The zero-order valence-corrected chi connectivity index (χ0v) is 14.3. The third-order valence-corrected chi connectivity index (χ3v) is 3.79. The summed E-state index contributed by atoms with van der Waals surface area (Å²) in [4.78, 5) is 12.0. The number of hydrogen-bond donors (Lipinski definition) is 3. The lowest BCUT2D eigenvalue weighted by atomic mass is 10.1. The molecule has 0 aliphatic carbocycles. The van der Waals surface area contributed by atoms with Crippen LogP contribution in [0.3, 0.4) is 0 Å². The average Bonchev–Trinajstić information content (AvgIpc) is 3.11. The van der Waals surface area contributed by atoms with Gasteiger partial charge in [0.15, 0.2) is 5.11 Å². The van der Waals surface area contributed by atoms with Crippen molar-refractivity contribution in [2.24, 2.45) is 0 Å². The summed E-state index contributed by atoms with van der Waals surface area (Å²) in [5.74, 6) is -0.113. The highest BCUT2D eigenvalue weighted by atomic mass is 32.1. The minimum Gasteiger partial charge on any atom is -0.459 e. The molecule has 0 atom stereocenters. The molecule has 1 heterocycles. The highest BCUT2D eigenvalue weighted by Gasteiger charge is 2.12. The normalized spacial score (nSPS) is 10.4. The fourth-order valence-corrected chi connectivity index (χ4v) is 2.52. The molecule has 3 aromatic rings. The van der Waals surface area contributed by atoms with Gasteiger partial charge in [0.2, 0.25) is 0 Å². The number of amides is 1. The average molecular weight is 370 g/mol. The van der Waals surface area contributed by atoms with Gasteiger partial charge >= 0.3 is 0 Å². The Morgan fingerprint density at radius 1 is 1.08 bits per heavy atom. The lowest BCUT2D eigenvalue weighted by Crippen LogP contribution is -2.34. The summed E-state index contributed by atoms with van der Waals surface area (Å²) in [6.45, 7) is -0.157. The second-order valence-electron chi connectivity index (χ2n) is 5.39. The molecular formula is C19H15FN2O3S. The highest BCUT2D eigenvalue weighted by Crippen LogP contribution is 2.23. The summed E-state index contributed by atoms with van der Waals surface area (Å²) in [6, 6.07) is 16.3. The first kappa shape index (κ1) is 17.8. The van der Waals surface area contributed by atoms with E-state index in [9.17, 15) is 9.18 Å². The lowest BCUT2D eigenvalue weighted by molar-refractivity contribution is 0.0974. The number of hydrogen-bond acceptors (Lipinski definition) is 4. The summed E-state index contributed by atoms with van der Waals surface area (Å²) < 4.78 is 19.1. The zero-order valence-electron chi connectivity index (χ0n) is 13.5. The first-order valence-corrected chi connectivity index (χ1v) is 8.14. The number of nitrogens with one attached hydrogen (secondary N) is 2. The van der Waals surface area contributed by atoms with E-state index in [0.717, 1.165) is 5.56 Å². The molecule has 3 rings (SSSR count). The van der Waals surface area contributed by atoms with E-state index in [1.807, 2.05) is 12.1 Å². The van der Waals surface area contributed by atoms with E-state index in [1.165, 1.54) is 18.2 Å². The summed E-state index contributed by atoms with van der Waals surface area (Å²) in [5, 5.41) is 14.4. The van der Waals surface area contributed by atoms with Crippen molar-refractivity contribution >= 4 is 28.9 Å². The Morgan fingerprint density at radius 2 is 1.81 bits per heavy atom. The van der Waals surface area contributed by atoms with Crippen molar-refractivity contribution in [2.45, 2.75) is 6.61 Å². The van der Waals surface area contributed by atoms with Crippen molar-refractivity contribution in [3.63, 3.8) is 0 Å². The molecule has 0 aliphatic heterocycles. The Hall–Kier alpha value is -3.03. The smallest absolute Gasteiger partial charge is 0.260 e. The van der Waals surface area contributed by atoms with Crippen LogP contribution < -0.4 is 10.6 Å². The van der Waals surface area contributed by atoms with E-state index in [2.05, 4.69) is 10.6 Å². The Labute approximate surface area is 154 Å². The standard InChI is InChI=1S/C19H15FN2O3S/c20-16-4-2-1-3-15(16)18(24)22-19(26)21-13-7-5-12(6-8-13)17-10-9-14(11-23)25-17/h1-10,23H,11H2,(H2,21,22,24,26). The molecule has 0 saturated heterocycles. The van der Waals surface area contributed by atoms with Crippen LogP contribution in [0.25, 0.3) is 11.3 Å². The molecule has 132 valence electrons. The molecule has 1 amide bonds. The van der Waals surface area contributed by atoms with Crippen LogP contribution in [0, 0.1) is 5.82 Å². The molecule has 0 unspecified atom stereocenters. The van der Waals surface area contributed by atoms with Gasteiger partial charge in [0.05, 0.1) is 5.56 Å². The van der Waals surface area contributed by atoms with Crippen LogP contribution >= 0.6 is 12.2 Å². The fourth-order valence-electron chi connectivity index (χ4n) is 2.31. The molecule has 2 aromatic carbocycles. The molecule has 0 bridgehead atoms. The SMILES string of the molecule is O=C(NC(=S)Nc1ccc(-c2ccc(CO)o2)cc1)c1ccccc1F. The minimum atomic E-state index is -0.621. The summed E-state index contributed by atoms with van der Waals surface area (Å²) in [5.41, 5.74) is 1.41. The number of thiocarbonyl (C=S) groups is 1. The predicted molar refractivity (Wildman–Crippen MR) is 100 cm³/mol. The molecule has 0 radical (unpaired) electrons. The minimum absolute atomic E-state index is 0.0616. The van der Waals surface area contributed by atoms with Gasteiger partial charge in [-0.25, -0.2) is 4.39 Å². The molecule has 1 aromatic heterocycles. The van der Waals surface area contributed by atoms with Crippen LogP contribution in [0.1, 0.15) is 16.1 Å². The van der Waals surface area contributed by atoms with Crippen LogP contribution in [0.4, 0.5) is 10.1 Å². The number of aliphatic hydroxyl groups is 1. The molecule has 0 aliphatic rings. The van der Waals surface area contributed by atoms with Crippen LogP contribution in [-0.4, -0.2) is 16.1 Å². The number of furan rings is 1. The molecular weight excluding hydrogens is 355 g/mol. The molecule has 0 spiro atoms. The summed E-state index contributed by atoms with van der Waals surface area (Å²) in [6.07, 6.45) is 0. The van der Waals surface area contributed by atoms with Crippen molar-refractivity contribution in [3.05, 3.63) is 77.8 Å². The Morgan fingerprint density at radius 3 is 2.46 bits per heavy atom. The monoisotopic (exact) mass is 370 g/mol. The van der Waals surface area contributed by atoms with E-state index in [-0.39, 0.29) is 17.3 Å². The quantitative estimate of drug-likeness (QED) is 0.611. The Bertz CT molecular complexity index is 938. The number of carbonyl (C=O) groups excluding carboxylic acids is 1. The molecule has 3 N–H and O–H groups in total. The van der Waals surface area contributed by atoms with Gasteiger partial charge in [-0.15, -0.1) is 0 Å². The van der Waals surface area contributed by atoms with Crippen LogP contribution in [-0.2, 0) is 6.61 Å². The number of carbonyl (C=O) groups is 1. The van der Waals surface area contributed by atoms with E-state index < -0.39 is 11.7 Å². The van der Waals surface area contributed by atoms with E-state index in [1.54, 1.807) is 30.3 Å². The number of halogens is 1. The van der Waals surface area contributed by atoms with Crippen LogP contribution in [0.5, 0.6) is 0 Å². The molecule has 7 heteroatoms. The number of rotatable bonds is 4. The third-order valence-electron chi connectivity index (χ3n) is 3.59. The summed E-state index contributed by atoms with van der Waals surface area (Å²) >= 11 is 5.09. The van der Waals surface area contributed by atoms with E-state index in [4.69, 9.17) is 21.7 Å². The lowest BCUT2D eigenvalue weighted by Gasteiger charge is -2.10. The topological polar surface area (TPSA) is 74.5 Å². The maximum absolute atomic E-state index is 13.6. The van der Waals surface area contributed by atoms with Gasteiger partial charge in [0.1, 0.15) is 23.9 Å². The van der Waals surface area contributed by atoms with Crippen molar-refractivity contribution < 1.29 is 18.7 Å². The predicted octanol–water partition coefficient (Wildman–Crippen LogP) is 3.70. The first-order valence-electron chi connectivity index (χ1n) is 7.73. The number of anilines is 1. The van der Waals surface area contributed by atoms with Crippen LogP contribution in [0.2, 0.25) is 0 Å². The second kappa shape index (κ2) is 7.90. The molecule has 0 fully saturated rings. The first-order chi connectivity index (χ1) is 12.6. The van der Waals surface area contributed by atoms with Crippen LogP contribution in [0.15, 0.2) is 65.1 Å². The Balaban J connectivity index is 1.62. The largest absolute Gasteiger partial charge is 0.459 e. The fraction of sp³-hybridized carbons (Fsp3) is 0.0526. The van der Waals surface area contributed by atoms with Gasteiger partial charge < -0.3 is 14.8 Å². The van der Waals surface area contributed by atoms with Crippen molar-refractivity contribution in [2.75, 3.05) is 5.32 Å². The molecule has 5 nitrogen and oxygen atoms in total. The number of aliphatic hydroxyl groups excluding tert-OH is 1. The van der Waals surface area contributed by atoms with Gasteiger partial charge in [-0.3, -0.25) is 10.1 Å². The Kier molecular flexibility index (Phi) is 5.40.